The van der Waals surface area contributed by atoms with Gasteiger partial charge in [0.25, 0.3) is 0 Å². The quantitative estimate of drug-likeness (QED) is 0.609. The van der Waals surface area contributed by atoms with Crippen LogP contribution in [0.25, 0.3) is 0 Å². The summed E-state index contributed by atoms with van der Waals surface area (Å²) in [4.78, 5) is 27.2. The highest BCUT2D eigenvalue weighted by molar-refractivity contribution is 5.82. The number of carbonyl (C=O) groups excluding carboxylic acids is 1. The molecule has 0 N–H and O–H groups in total. The molecule has 1 unspecified atom stereocenters. The normalized spacial score (nSPS) is 23.7. The molecule has 2 saturated heterocycles. The first-order chi connectivity index (χ1) is 16.5. The van der Waals surface area contributed by atoms with E-state index in [1.165, 1.54) is 31.7 Å². The molecule has 3 heterocycles. The van der Waals surface area contributed by atoms with Crippen LogP contribution in [0.5, 0.6) is 11.6 Å². The molecule has 2 aliphatic heterocycles. The van der Waals surface area contributed by atoms with Gasteiger partial charge in [0.05, 0.1) is 0 Å². The van der Waals surface area contributed by atoms with Crippen molar-refractivity contribution >= 4 is 5.91 Å². The number of halogens is 1. The third-order valence-corrected chi connectivity index (χ3v) is 8.09. The van der Waals surface area contributed by atoms with Crippen molar-refractivity contribution in [2.75, 3.05) is 26.2 Å². The van der Waals surface area contributed by atoms with E-state index in [0.29, 0.717) is 18.1 Å². The number of piperidine rings is 2. The fraction of sp³-hybridized carbons (Fsp3) is 0.593. The molecule has 1 aliphatic carbocycles. The van der Waals surface area contributed by atoms with Crippen molar-refractivity contribution in [1.29, 1.82) is 0 Å². The SMILES string of the molecule is CC1(C(=O)N2CCCC(c3nccnc3Oc3ccccc3F)C2)CCN(C2CCCC2)CC1. The van der Waals surface area contributed by atoms with Crippen LogP contribution in [0.2, 0.25) is 0 Å². The van der Waals surface area contributed by atoms with Crippen molar-refractivity contribution in [3.8, 4) is 11.6 Å². The molecule has 6 nitrogen and oxygen atoms in total. The molecule has 34 heavy (non-hydrogen) atoms. The number of hydrogen-bond acceptors (Lipinski definition) is 5. The van der Waals surface area contributed by atoms with Gasteiger partial charge in [-0.3, -0.25) is 9.78 Å². The van der Waals surface area contributed by atoms with Crippen LogP contribution in [-0.2, 0) is 4.79 Å². The van der Waals surface area contributed by atoms with Gasteiger partial charge in [0.2, 0.25) is 11.8 Å². The first-order valence-electron chi connectivity index (χ1n) is 12.8. The number of benzene rings is 1. The summed E-state index contributed by atoms with van der Waals surface area (Å²) in [5.74, 6) is 0.313. The highest BCUT2D eigenvalue weighted by Crippen LogP contribution is 2.39. The minimum Gasteiger partial charge on any atom is -0.434 e. The third-order valence-electron chi connectivity index (χ3n) is 8.09. The highest BCUT2D eigenvalue weighted by atomic mass is 19.1. The first kappa shape index (κ1) is 23.2. The Hall–Kier alpha value is -2.54. The Morgan fingerprint density at radius 1 is 1.03 bits per heavy atom. The summed E-state index contributed by atoms with van der Waals surface area (Å²) in [6.45, 7) is 5.58. The van der Waals surface area contributed by atoms with Crippen LogP contribution >= 0.6 is 0 Å². The zero-order valence-corrected chi connectivity index (χ0v) is 20.1. The first-order valence-corrected chi connectivity index (χ1v) is 12.8. The Balaban J connectivity index is 1.26. The molecule has 0 spiro atoms. The number of rotatable bonds is 5. The van der Waals surface area contributed by atoms with Crippen molar-refractivity contribution in [3.05, 3.63) is 48.2 Å². The van der Waals surface area contributed by atoms with Crippen molar-refractivity contribution in [2.45, 2.75) is 70.3 Å². The van der Waals surface area contributed by atoms with Crippen LogP contribution < -0.4 is 4.74 Å². The van der Waals surface area contributed by atoms with Gasteiger partial charge in [-0.25, -0.2) is 9.37 Å². The molecule has 182 valence electrons. The lowest BCUT2D eigenvalue weighted by Crippen LogP contribution is -2.52. The minimum atomic E-state index is -0.434. The Kier molecular flexibility index (Phi) is 6.82. The Morgan fingerprint density at radius 3 is 2.53 bits per heavy atom. The van der Waals surface area contributed by atoms with E-state index in [-0.39, 0.29) is 23.0 Å². The number of carbonyl (C=O) groups is 1. The summed E-state index contributed by atoms with van der Waals surface area (Å²) in [6.07, 6.45) is 12.2. The Labute approximate surface area is 201 Å². The van der Waals surface area contributed by atoms with E-state index in [9.17, 15) is 9.18 Å². The molecule has 1 saturated carbocycles. The monoisotopic (exact) mass is 466 g/mol. The van der Waals surface area contributed by atoms with Crippen LogP contribution in [0.15, 0.2) is 36.7 Å². The average molecular weight is 467 g/mol. The molecular formula is C27H35FN4O2. The molecule has 5 rings (SSSR count). The van der Waals surface area contributed by atoms with Gasteiger partial charge in [-0.1, -0.05) is 31.9 Å². The van der Waals surface area contributed by atoms with E-state index in [0.717, 1.165) is 51.4 Å². The Morgan fingerprint density at radius 2 is 1.76 bits per heavy atom. The second-order valence-corrected chi connectivity index (χ2v) is 10.4. The number of likely N-dealkylation sites (tertiary alicyclic amines) is 2. The van der Waals surface area contributed by atoms with E-state index >= 15 is 0 Å². The molecule has 0 radical (unpaired) electrons. The van der Waals surface area contributed by atoms with Gasteiger partial charge in [0.1, 0.15) is 5.69 Å². The smallest absolute Gasteiger partial charge is 0.241 e. The van der Waals surface area contributed by atoms with Gasteiger partial charge in [0, 0.05) is 42.9 Å². The number of nitrogens with zero attached hydrogens (tertiary/aromatic N) is 4. The molecule has 1 aromatic heterocycles. The van der Waals surface area contributed by atoms with Crippen molar-refractivity contribution in [1.82, 2.24) is 19.8 Å². The zero-order chi connectivity index (χ0) is 23.5. The fourth-order valence-corrected chi connectivity index (χ4v) is 5.96. The molecule has 3 fully saturated rings. The predicted octanol–water partition coefficient (Wildman–Crippen LogP) is 5.16. The summed E-state index contributed by atoms with van der Waals surface area (Å²) < 4.78 is 20.0. The summed E-state index contributed by atoms with van der Waals surface area (Å²) >= 11 is 0. The second-order valence-electron chi connectivity index (χ2n) is 10.4. The lowest BCUT2D eigenvalue weighted by Gasteiger charge is -2.44. The molecular weight excluding hydrogens is 431 g/mol. The maximum Gasteiger partial charge on any atom is 0.241 e. The minimum absolute atomic E-state index is 0.0235. The van der Waals surface area contributed by atoms with Gasteiger partial charge in [-0.2, -0.15) is 0 Å². The zero-order valence-electron chi connectivity index (χ0n) is 20.1. The van der Waals surface area contributed by atoms with Crippen LogP contribution in [0.1, 0.15) is 69.9 Å². The molecule has 3 aliphatic rings. The number of hydrogen-bond donors (Lipinski definition) is 0. The maximum absolute atomic E-state index is 14.2. The van der Waals surface area contributed by atoms with Gasteiger partial charge in [-0.15, -0.1) is 0 Å². The van der Waals surface area contributed by atoms with Gasteiger partial charge in [-0.05, 0) is 63.7 Å². The van der Waals surface area contributed by atoms with Crippen molar-refractivity contribution in [3.63, 3.8) is 0 Å². The van der Waals surface area contributed by atoms with E-state index in [1.807, 2.05) is 4.90 Å². The molecule has 1 amide bonds. The topological polar surface area (TPSA) is 58.6 Å². The number of ether oxygens (including phenoxy) is 1. The molecule has 1 aromatic carbocycles. The maximum atomic E-state index is 14.2. The van der Waals surface area contributed by atoms with E-state index in [2.05, 4.69) is 21.8 Å². The largest absolute Gasteiger partial charge is 0.434 e. The average Bonchev–Trinajstić information content (AvgIpc) is 3.41. The standard InChI is InChI=1S/C27H35FN4O2/c1-27(12-17-31(18-13-27)21-8-2-3-9-21)26(33)32-16-6-7-20(19-32)24-25(30-15-14-29-24)34-23-11-5-4-10-22(23)28/h4-5,10-11,14-15,20-21H,2-3,6-9,12-13,16-19H2,1H3. The predicted molar refractivity (Wildman–Crippen MR) is 128 cm³/mol. The summed E-state index contributed by atoms with van der Waals surface area (Å²) in [5, 5.41) is 0. The van der Waals surface area contributed by atoms with Crippen molar-refractivity contribution < 1.29 is 13.9 Å². The number of amides is 1. The second kappa shape index (κ2) is 9.98. The van der Waals surface area contributed by atoms with Gasteiger partial charge >= 0.3 is 0 Å². The summed E-state index contributed by atoms with van der Waals surface area (Å²) in [5.41, 5.74) is 0.399. The van der Waals surface area contributed by atoms with Crippen LogP contribution in [0.3, 0.4) is 0 Å². The molecule has 1 atom stereocenters. The van der Waals surface area contributed by atoms with E-state index in [4.69, 9.17) is 4.74 Å². The van der Waals surface area contributed by atoms with Gasteiger partial charge < -0.3 is 14.5 Å². The van der Waals surface area contributed by atoms with Crippen LogP contribution in [0.4, 0.5) is 4.39 Å². The van der Waals surface area contributed by atoms with E-state index in [1.54, 1.807) is 30.6 Å². The highest BCUT2D eigenvalue weighted by Gasteiger charge is 2.42. The van der Waals surface area contributed by atoms with Crippen LogP contribution in [0, 0.1) is 11.2 Å². The van der Waals surface area contributed by atoms with Gasteiger partial charge in [0.15, 0.2) is 11.6 Å². The van der Waals surface area contributed by atoms with E-state index < -0.39 is 5.82 Å². The molecule has 2 aromatic rings. The molecule has 0 bridgehead atoms. The van der Waals surface area contributed by atoms with Crippen LogP contribution in [-0.4, -0.2) is 57.9 Å². The fourth-order valence-electron chi connectivity index (χ4n) is 5.96. The summed E-state index contributed by atoms with van der Waals surface area (Å²) in [6, 6.07) is 7.04. The third kappa shape index (κ3) is 4.81. The summed E-state index contributed by atoms with van der Waals surface area (Å²) in [7, 11) is 0. The lowest BCUT2D eigenvalue weighted by molar-refractivity contribution is -0.145. The number of para-hydroxylation sites is 1. The number of aromatic nitrogens is 2. The molecule has 7 heteroatoms. The Bertz CT molecular complexity index is 1000. The lowest BCUT2D eigenvalue weighted by atomic mass is 9.78. The van der Waals surface area contributed by atoms with Crippen molar-refractivity contribution in [2.24, 2.45) is 5.41 Å².